The molecule has 0 spiro atoms. The zero-order valence-electron chi connectivity index (χ0n) is 10.0. The average Bonchev–Trinajstić information content (AvgIpc) is 2.38. The minimum absolute atomic E-state index is 0.113. The fourth-order valence-electron chi connectivity index (χ4n) is 2.23. The largest absolute Gasteiger partial charge is 0.486 e. The van der Waals surface area contributed by atoms with Crippen LogP contribution in [0.5, 0.6) is 5.75 Å². The molecule has 0 saturated heterocycles. The number of fused-ring (bicyclic) bond motifs is 1. The monoisotopic (exact) mass is 307 g/mol. The van der Waals surface area contributed by atoms with Gasteiger partial charge in [0.05, 0.1) is 11.7 Å². The van der Waals surface area contributed by atoms with E-state index >= 15 is 0 Å². The Morgan fingerprint density at radius 3 is 2.94 bits per heavy atom. The molecule has 1 aromatic carbocycles. The first-order valence-electron chi connectivity index (χ1n) is 5.96. The van der Waals surface area contributed by atoms with Crippen LogP contribution in [0.3, 0.4) is 0 Å². The van der Waals surface area contributed by atoms with Crippen LogP contribution in [0, 0.1) is 0 Å². The first-order valence-corrected chi connectivity index (χ1v) is 6.88. The number of benzene rings is 1. The second kappa shape index (κ2) is 4.86. The summed E-state index contributed by atoms with van der Waals surface area (Å²) in [6, 6.07) is 10.0. The van der Waals surface area contributed by atoms with Gasteiger partial charge in [0.2, 0.25) is 0 Å². The molecule has 3 rings (SSSR count). The van der Waals surface area contributed by atoms with Crippen molar-refractivity contribution in [3.8, 4) is 5.75 Å². The predicted octanol–water partition coefficient (Wildman–Crippen LogP) is 3.16. The highest BCUT2D eigenvalue weighted by Crippen LogP contribution is 2.34. The Kier molecular flexibility index (Phi) is 3.22. The lowest BCUT2D eigenvalue weighted by Crippen LogP contribution is -2.51. The van der Waals surface area contributed by atoms with Gasteiger partial charge in [0.15, 0.2) is 0 Å². The van der Waals surface area contributed by atoms with Gasteiger partial charge in [-0.25, -0.2) is 0 Å². The van der Waals surface area contributed by atoms with Crippen LogP contribution in [0.25, 0.3) is 10.9 Å². The van der Waals surface area contributed by atoms with Gasteiger partial charge in [-0.15, -0.1) is 0 Å². The molecule has 1 fully saturated rings. The number of rotatable bonds is 3. The van der Waals surface area contributed by atoms with E-state index < -0.39 is 0 Å². The summed E-state index contributed by atoms with van der Waals surface area (Å²) in [5.74, 6) is 0.806. The zero-order valence-corrected chi connectivity index (χ0v) is 11.6. The third-order valence-electron chi connectivity index (χ3n) is 3.31. The lowest BCUT2D eigenvalue weighted by molar-refractivity contribution is -0.0545. The minimum Gasteiger partial charge on any atom is -0.486 e. The first kappa shape index (κ1) is 11.9. The number of aromatic nitrogens is 1. The maximum absolute atomic E-state index is 5.91. The van der Waals surface area contributed by atoms with Crippen molar-refractivity contribution in [2.75, 3.05) is 7.11 Å². The van der Waals surface area contributed by atoms with Crippen molar-refractivity contribution in [2.45, 2.75) is 23.5 Å². The molecule has 0 radical (unpaired) electrons. The van der Waals surface area contributed by atoms with Crippen LogP contribution < -0.4 is 4.74 Å². The fourth-order valence-corrected chi connectivity index (χ4v) is 3.16. The Balaban J connectivity index is 1.79. The fraction of sp³-hybridized carbons (Fsp3) is 0.357. The summed E-state index contributed by atoms with van der Waals surface area (Å²) in [5, 5.41) is 1.10. The Labute approximate surface area is 114 Å². The van der Waals surface area contributed by atoms with Crippen molar-refractivity contribution < 1.29 is 9.47 Å². The van der Waals surface area contributed by atoms with Crippen LogP contribution in [0.15, 0.2) is 36.5 Å². The summed E-state index contributed by atoms with van der Waals surface area (Å²) in [6.07, 6.45) is 2.97. The molecule has 1 aliphatic rings. The van der Waals surface area contributed by atoms with Crippen LogP contribution >= 0.6 is 15.9 Å². The van der Waals surface area contributed by atoms with Crippen LogP contribution in [0.4, 0.5) is 0 Å². The standard InChI is InChI=1S/C14H14BrNO2/c1-17-14-11(15)7-13(14)18-10-6-9-4-2-3-5-12(9)16-8-10/h2-6,8,11,13-14H,7H2,1H3. The summed E-state index contributed by atoms with van der Waals surface area (Å²) >= 11 is 3.56. The van der Waals surface area contributed by atoms with E-state index in [2.05, 4.69) is 20.9 Å². The normalized spacial score (nSPS) is 26.9. The van der Waals surface area contributed by atoms with Crippen molar-refractivity contribution in [1.82, 2.24) is 4.98 Å². The SMILES string of the molecule is COC1C(Br)CC1Oc1cnc2ccccc2c1. The van der Waals surface area contributed by atoms with Gasteiger partial charge >= 0.3 is 0 Å². The molecular formula is C14H14BrNO2. The molecule has 94 valence electrons. The summed E-state index contributed by atoms with van der Waals surface area (Å²) < 4.78 is 11.3. The molecule has 18 heavy (non-hydrogen) atoms. The second-order valence-electron chi connectivity index (χ2n) is 4.47. The zero-order chi connectivity index (χ0) is 12.5. The van der Waals surface area contributed by atoms with Gasteiger partial charge in [-0.05, 0) is 12.1 Å². The van der Waals surface area contributed by atoms with E-state index in [-0.39, 0.29) is 12.2 Å². The van der Waals surface area contributed by atoms with Gasteiger partial charge in [-0.3, -0.25) is 4.98 Å². The number of nitrogens with zero attached hydrogens (tertiary/aromatic N) is 1. The third-order valence-corrected chi connectivity index (χ3v) is 4.20. The number of hydrogen-bond donors (Lipinski definition) is 0. The van der Waals surface area contributed by atoms with Crippen LogP contribution in [0.2, 0.25) is 0 Å². The summed E-state index contributed by atoms with van der Waals surface area (Å²) in [7, 11) is 1.72. The van der Waals surface area contributed by atoms with Gasteiger partial charge in [-0.2, -0.15) is 0 Å². The molecule has 0 amide bonds. The maximum atomic E-state index is 5.91. The number of para-hydroxylation sites is 1. The third kappa shape index (κ3) is 2.10. The molecule has 2 aromatic rings. The second-order valence-corrected chi connectivity index (χ2v) is 5.65. The van der Waals surface area contributed by atoms with Crippen LogP contribution in [0.1, 0.15) is 6.42 Å². The molecule has 0 N–H and O–H groups in total. The molecule has 4 heteroatoms. The molecule has 0 bridgehead atoms. The quantitative estimate of drug-likeness (QED) is 0.816. The molecule has 3 atom stereocenters. The maximum Gasteiger partial charge on any atom is 0.138 e. The molecule has 1 aliphatic carbocycles. The van der Waals surface area contributed by atoms with Gasteiger partial charge in [-0.1, -0.05) is 34.1 Å². The van der Waals surface area contributed by atoms with Crippen molar-refractivity contribution in [2.24, 2.45) is 0 Å². The highest BCUT2D eigenvalue weighted by Gasteiger charge is 2.41. The summed E-state index contributed by atoms with van der Waals surface area (Å²) in [6.45, 7) is 0. The predicted molar refractivity (Wildman–Crippen MR) is 74.3 cm³/mol. The Morgan fingerprint density at radius 2 is 2.17 bits per heavy atom. The van der Waals surface area contributed by atoms with E-state index in [1.165, 1.54) is 0 Å². The summed E-state index contributed by atoms with van der Waals surface area (Å²) in [4.78, 5) is 4.77. The molecule has 3 unspecified atom stereocenters. The number of alkyl halides is 1. The Bertz CT molecular complexity index is 560. The summed E-state index contributed by atoms with van der Waals surface area (Å²) in [5.41, 5.74) is 0.986. The van der Waals surface area contributed by atoms with Crippen LogP contribution in [-0.2, 0) is 4.74 Å². The number of ether oxygens (including phenoxy) is 2. The number of pyridine rings is 1. The average molecular weight is 308 g/mol. The lowest BCUT2D eigenvalue weighted by Gasteiger charge is -2.39. The van der Waals surface area contributed by atoms with Gasteiger partial charge in [0, 0.05) is 23.7 Å². The smallest absolute Gasteiger partial charge is 0.138 e. The van der Waals surface area contributed by atoms with Crippen molar-refractivity contribution in [3.05, 3.63) is 36.5 Å². The number of methoxy groups -OCH3 is 1. The highest BCUT2D eigenvalue weighted by molar-refractivity contribution is 9.09. The molecule has 1 heterocycles. The van der Waals surface area contributed by atoms with E-state index in [9.17, 15) is 0 Å². The van der Waals surface area contributed by atoms with Crippen LogP contribution in [-0.4, -0.2) is 29.1 Å². The minimum atomic E-state index is 0.113. The highest BCUT2D eigenvalue weighted by atomic mass is 79.9. The molecule has 3 nitrogen and oxygen atoms in total. The van der Waals surface area contributed by atoms with Crippen molar-refractivity contribution >= 4 is 26.8 Å². The first-order chi connectivity index (χ1) is 8.78. The molecule has 1 saturated carbocycles. The number of halogens is 1. The van der Waals surface area contributed by atoms with Gasteiger partial charge < -0.3 is 9.47 Å². The topological polar surface area (TPSA) is 31.4 Å². The Morgan fingerprint density at radius 1 is 1.33 bits per heavy atom. The molecular weight excluding hydrogens is 294 g/mol. The van der Waals surface area contributed by atoms with E-state index in [1.807, 2.05) is 30.3 Å². The number of hydrogen-bond acceptors (Lipinski definition) is 3. The van der Waals surface area contributed by atoms with Crippen molar-refractivity contribution in [3.63, 3.8) is 0 Å². The van der Waals surface area contributed by atoms with Gasteiger partial charge in [0.25, 0.3) is 0 Å². The van der Waals surface area contributed by atoms with Crippen molar-refractivity contribution in [1.29, 1.82) is 0 Å². The molecule has 0 aliphatic heterocycles. The van der Waals surface area contributed by atoms with E-state index in [0.29, 0.717) is 4.83 Å². The lowest BCUT2D eigenvalue weighted by atomic mass is 9.91. The van der Waals surface area contributed by atoms with E-state index in [4.69, 9.17) is 9.47 Å². The van der Waals surface area contributed by atoms with E-state index in [0.717, 1.165) is 23.1 Å². The van der Waals surface area contributed by atoms with Gasteiger partial charge in [0.1, 0.15) is 18.0 Å². The molecule has 1 aromatic heterocycles. The van der Waals surface area contributed by atoms with E-state index in [1.54, 1.807) is 13.3 Å². The Hall–Kier alpha value is -1.13.